The van der Waals surface area contributed by atoms with Crippen molar-refractivity contribution < 1.29 is 52.4 Å². The fraction of sp³-hybridized carbons (Fsp3) is 0.769. The van der Waals surface area contributed by atoms with E-state index in [0.717, 1.165) is 77.0 Å². The van der Waals surface area contributed by atoms with E-state index in [1.54, 1.807) is 12.1 Å². The number of anilines is 1. The van der Waals surface area contributed by atoms with Crippen LogP contribution < -0.4 is 36.1 Å². The monoisotopic (exact) mass is 1690 g/mol. The minimum absolute atomic E-state index is 0.0510. The van der Waals surface area contributed by atoms with Gasteiger partial charge < -0.3 is 54.6 Å². The van der Waals surface area contributed by atoms with E-state index in [9.17, 15) is 29.1 Å². The number of rotatable bonds is 83. The molecule has 0 fully saturated rings. The number of carboxylic acids is 1. The van der Waals surface area contributed by atoms with Gasteiger partial charge in [0, 0.05) is 60.5 Å². The van der Waals surface area contributed by atoms with E-state index in [2.05, 4.69) is 49.0 Å². The van der Waals surface area contributed by atoms with Crippen LogP contribution in [0.1, 0.15) is 449 Å². The number of carboxylic acid groups (broad SMARTS) is 1. The van der Waals surface area contributed by atoms with Gasteiger partial charge in [-0.15, -0.1) is 0 Å². The van der Waals surface area contributed by atoms with Crippen molar-refractivity contribution in [2.24, 2.45) is 0 Å². The third kappa shape index (κ3) is 56.2. The minimum Gasteiger partial charge on any atom is -0.478 e. The van der Waals surface area contributed by atoms with Gasteiger partial charge in [-0.2, -0.15) is 0 Å². The van der Waals surface area contributed by atoms with Gasteiger partial charge in [-0.3, -0.25) is 0 Å². The van der Waals surface area contributed by atoms with Crippen LogP contribution >= 0.6 is 0 Å². The Morgan fingerprint density at radius 1 is 0.322 bits per heavy atom. The van der Waals surface area contributed by atoms with Crippen LogP contribution in [0.3, 0.4) is 0 Å². The van der Waals surface area contributed by atoms with Crippen molar-refractivity contribution in [3.63, 3.8) is 0 Å². The molecule has 17 heteroatoms. The number of benzene rings is 3. The number of nitrogens with zero attached hydrogens (tertiary/aromatic N) is 2. The fourth-order valence-electron chi connectivity index (χ4n) is 16.8. The van der Waals surface area contributed by atoms with Crippen molar-refractivity contribution in [3.8, 4) is 22.5 Å². The molecule has 2 aromatic carbocycles. The zero-order valence-corrected chi connectivity index (χ0v) is 77.9. The molecule has 121 heavy (non-hydrogen) atoms. The van der Waals surface area contributed by atoms with Gasteiger partial charge in [0.15, 0.2) is 26.3 Å². The van der Waals surface area contributed by atoms with Gasteiger partial charge in [-0.1, -0.05) is 431 Å². The third-order valence-electron chi connectivity index (χ3n) is 24.4. The lowest BCUT2D eigenvalue weighted by molar-refractivity contribution is 0.0697. The topological polar surface area (TPSA) is 210 Å². The molecule has 0 saturated heterocycles. The molecule has 4 rings (SSSR count). The summed E-state index contributed by atoms with van der Waals surface area (Å²) in [6.07, 6.45) is 79.9. The van der Waals surface area contributed by atoms with Crippen molar-refractivity contribution in [2.45, 2.75) is 439 Å². The van der Waals surface area contributed by atoms with E-state index in [1.165, 1.54) is 334 Å². The number of ether oxygens (including phenoxy) is 4. The highest BCUT2D eigenvalue weighted by Gasteiger charge is 2.24. The summed E-state index contributed by atoms with van der Waals surface area (Å²) in [6, 6.07) is 18.5. The Balaban J connectivity index is 1.47. The summed E-state index contributed by atoms with van der Waals surface area (Å²) in [6.45, 7) is 12.5. The zero-order chi connectivity index (χ0) is 86.4. The van der Waals surface area contributed by atoms with Crippen LogP contribution in [0.25, 0.3) is 33.4 Å². The number of nitrogens with one attached hydrogen (secondary N) is 4. The van der Waals surface area contributed by atoms with Crippen molar-refractivity contribution in [3.05, 3.63) is 71.6 Å². The van der Waals surface area contributed by atoms with Crippen molar-refractivity contribution in [2.75, 3.05) is 83.7 Å². The molecule has 0 atom stereocenters. The van der Waals surface area contributed by atoms with Crippen LogP contribution in [0.5, 0.6) is 0 Å². The Morgan fingerprint density at radius 3 is 0.901 bits per heavy atom. The number of hydrogen-bond acceptors (Lipinski definition) is 11. The van der Waals surface area contributed by atoms with Crippen molar-refractivity contribution in [1.82, 2.24) is 25.8 Å². The molecular weight excluding hydrogens is 1510 g/mol. The number of amides is 4. The Bertz CT molecular complexity index is 3100. The summed E-state index contributed by atoms with van der Waals surface area (Å²) in [4.78, 5) is 68.1. The molecule has 0 aromatic heterocycles. The second-order valence-corrected chi connectivity index (χ2v) is 35.1. The van der Waals surface area contributed by atoms with E-state index in [1.807, 2.05) is 58.0 Å². The maximum absolute atomic E-state index is 13.3. The first kappa shape index (κ1) is 107. The molecule has 2 aliphatic rings. The maximum Gasteiger partial charge on any atom is 0.407 e. The lowest BCUT2D eigenvalue weighted by Crippen LogP contribution is -2.38. The van der Waals surface area contributed by atoms with Gasteiger partial charge in [0.2, 0.25) is 5.36 Å². The average molecular weight is 1690 g/mol. The molecule has 4 amide bonds. The molecule has 0 bridgehead atoms. The van der Waals surface area contributed by atoms with E-state index < -0.39 is 30.3 Å². The summed E-state index contributed by atoms with van der Waals surface area (Å²) in [7, 11) is 0. The molecule has 5 N–H and O–H groups in total. The lowest BCUT2D eigenvalue weighted by atomic mass is 9.90. The van der Waals surface area contributed by atoms with Gasteiger partial charge in [-0.25, -0.2) is 28.5 Å². The molecular formula is C104H179N6O11+. The van der Waals surface area contributed by atoms with Gasteiger partial charge in [0.25, 0.3) is 0 Å². The standard InChI is InChI=1S/C104H178N6O11/c1-5-9-13-17-21-25-29-33-37-41-45-49-53-57-61-67-77-105-101(113)117-85-81-109(82-86-118-102(114)106-78-68-62-58-54-50-46-42-38-34-30-26-22-18-14-10-6-2)91-73-75-95-97(89-91)121-98-90-92(74-76-96(98)99(95)93-71-65-66-72-94(93)100(111)112)110(83-87-119-103(115)107-79-69-63-59-55-51-47-43-39-35-31-27-23-19-15-11-7-3)84-88-120-104(116)108-80-70-64-60-56-52-48-44-40-36-32-28-24-20-16-12-8-4/h65-66,71-76,89-90H,5-64,67-70,77-88H2,1-4H3,(H4-,105,106,107,108,111,112,113,114,115,116)/p+1. The first-order chi connectivity index (χ1) is 59.6. The van der Waals surface area contributed by atoms with Gasteiger partial charge in [0.1, 0.15) is 24.6 Å². The highest BCUT2D eigenvalue weighted by atomic mass is 16.6. The highest BCUT2D eigenvalue weighted by molar-refractivity contribution is 6.07. The van der Waals surface area contributed by atoms with Crippen LogP contribution in [0.15, 0.2) is 65.1 Å². The predicted octanol–water partition coefficient (Wildman–Crippen LogP) is 29.4. The largest absolute Gasteiger partial charge is 0.478 e. The molecule has 0 saturated carbocycles. The molecule has 690 valence electrons. The molecule has 17 nitrogen and oxygen atoms in total. The molecule has 2 aromatic rings. The molecule has 1 heterocycles. The van der Waals surface area contributed by atoms with Crippen molar-refractivity contribution in [1.29, 1.82) is 0 Å². The molecule has 0 radical (unpaired) electrons. The first-order valence-electron chi connectivity index (χ1n) is 50.9. The molecule has 0 spiro atoms. The van der Waals surface area contributed by atoms with Crippen LogP contribution in [0, 0.1) is 0 Å². The first-order valence-corrected chi connectivity index (χ1v) is 50.9. The average Bonchev–Trinajstić information content (AvgIpc) is 0.745. The normalized spacial score (nSPS) is 11.4. The Labute approximate surface area is 737 Å². The summed E-state index contributed by atoms with van der Waals surface area (Å²) in [5.41, 5.74) is 3.12. The summed E-state index contributed by atoms with van der Waals surface area (Å²) in [5, 5.41) is 24.0. The summed E-state index contributed by atoms with van der Waals surface area (Å²) >= 11 is 0. The number of carbonyl (C=O) groups excluding carboxylic acids is 4. The van der Waals surface area contributed by atoms with E-state index >= 15 is 0 Å². The smallest absolute Gasteiger partial charge is 0.407 e. The van der Waals surface area contributed by atoms with E-state index in [0.29, 0.717) is 70.6 Å². The second-order valence-electron chi connectivity index (χ2n) is 35.1. The Morgan fingerprint density at radius 2 is 0.603 bits per heavy atom. The fourth-order valence-corrected chi connectivity index (χ4v) is 16.8. The number of hydrogen-bond donors (Lipinski definition) is 5. The van der Waals surface area contributed by atoms with Gasteiger partial charge in [0.05, 0.1) is 24.7 Å². The molecule has 0 unspecified atom stereocenters. The van der Waals surface area contributed by atoms with Gasteiger partial charge >= 0.3 is 30.3 Å². The number of alkyl carbamates (subject to hydrolysis) is 4. The predicted molar refractivity (Wildman–Crippen MR) is 508 cm³/mol. The number of fused-ring (bicyclic) bond motifs is 2. The van der Waals surface area contributed by atoms with E-state index in [4.69, 9.17) is 23.4 Å². The van der Waals surface area contributed by atoms with Crippen LogP contribution in [-0.2, 0) is 18.9 Å². The molecule has 1 aliphatic carbocycles. The second kappa shape index (κ2) is 77.1. The summed E-state index contributed by atoms with van der Waals surface area (Å²) < 4.78 is 32.3. The minimum atomic E-state index is -1.07. The maximum atomic E-state index is 13.3. The van der Waals surface area contributed by atoms with Crippen LogP contribution in [-0.4, -0.2) is 114 Å². The SMILES string of the molecule is CCCCCCCCCCCCCCCCCCNC(=O)OCCN(CCOC(=O)NCCCCCCCCCCCCCCCCCC)c1ccc2c(-c3ccccc3C(=O)O)c3ccc(=[N+](CCOC(=O)NCCCCCCCCCCCCCCCCCC)CCOC(=O)NCCCCCCCCCCCCCCCCCC)cc-3oc2c1. The Hall–Kier alpha value is -6.52. The van der Waals surface area contributed by atoms with Gasteiger partial charge in [-0.05, 0) is 55.5 Å². The Kier molecular flexibility index (Phi) is 68.0. The lowest BCUT2D eigenvalue weighted by Gasteiger charge is -2.25. The number of aromatic carboxylic acids is 1. The third-order valence-corrected chi connectivity index (χ3v) is 24.4. The van der Waals surface area contributed by atoms with Crippen LogP contribution in [0.4, 0.5) is 24.9 Å². The zero-order valence-electron chi connectivity index (χ0n) is 77.9. The number of carbonyl (C=O) groups is 5. The summed E-state index contributed by atoms with van der Waals surface area (Å²) in [5.74, 6) is -0.618. The molecule has 1 aliphatic heterocycles. The van der Waals surface area contributed by atoms with Crippen molar-refractivity contribution >= 4 is 47.0 Å². The van der Waals surface area contributed by atoms with E-state index in [-0.39, 0.29) is 58.2 Å². The van der Waals surface area contributed by atoms with Crippen LogP contribution in [0.2, 0.25) is 0 Å². The number of unbranched alkanes of at least 4 members (excludes halogenated alkanes) is 60. The quantitative estimate of drug-likeness (QED) is 0.0121. The highest BCUT2D eigenvalue weighted by Crippen LogP contribution is 2.42.